The molecule has 1 aromatic rings. The van der Waals surface area contributed by atoms with E-state index in [0.29, 0.717) is 12.5 Å². The molecule has 4 unspecified atom stereocenters. The zero-order chi connectivity index (χ0) is 14.7. The molecule has 0 aliphatic heterocycles. The lowest BCUT2D eigenvalue weighted by atomic mass is 10.2. The molecule has 2 N–H and O–H groups in total. The molecule has 1 aliphatic carbocycles. The van der Waals surface area contributed by atoms with Crippen LogP contribution in [0.25, 0.3) is 0 Å². The van der Waals surface area contributed by atoms with Crippen molar-refractivity contribution in [3.8, 4) is 0 Å². The van der Waals surface area contributed by atoms with Gasteiger partial charge < -0.3 is 9.73 Å². The first kappa shape index (κ1) is 15.1. The largest absolute Gasteiger partial charge is 0.464 e. The number of hydrogen-bond acceptors (Lipinski definition) is 3. The first-order valence-corrected chi connectivity index (χ1v) is 7.63. The molecular weight excluding hydrogens is 252 g/mol. The fourth-order valence-electron chi connectivity index (χ4n) is 2.22. The fourth-order valence-corrected chi connectivity index (χ4v) is 2.22. The third kappa shape index (κ3) is 3.85. The van der Waals surface area contributed by atoms with Gasteiger partial charge in [0.15, 0.2) is 0 Å². The summed E-state index contributed by atoms with van der Waals surface area (Å²) in [6.07, 6.45) is 2.17. The van der Waals surface area contributed by atoms with Crippen molar-refractivity contribution < 1.29 is 9.21 Å². The summed E-state index contributed by atoms with van der Waals surface area (Å²) < 4.78 is 5.82. The van der Waals surface area contributed by atoms with Gasteiger partial charge in [-0.25, -0.2) is 0 Å². The molecule has 1 heterocycles. The van der Waals surface area contributed by atoms with Gasteiger partial charge in [-0.15, -0.1) is 0 Å². The average Bonchev–Trinajstić information content (AvgIpc) is 2.98. The van der Waals surface area contributed by atoms with Crippen molar-refractivity contribution in [2.24, 2.45) is 5.92 Å². The molecule has 2 rings (SSSR count). The number of rotatable bonds is 7. The lowest BCUT2D eigenvalue weighted by Gasteiger charge is -2.16. The van der Waals surface area contributed by atoms with E-state index in [1.54, 1.807) is 0 Å². The molecule has 0 aromatic carbocycles. The molecule has 1 amide bonds. The van der Waals surface area contributed by atoms with E-state index in [9.17, 15) is 4.79 Å². The minimum absolute atomic E-state index is 0.0435. The van der Waals surface area contributed by atoms with Crippen molar-refractivity contribution in [2.75, 3.05) is 0 Å². The quantitative estimate of drug-likeness (QED) is 0.806. The highest BCUT2D eigenvalue weighted by Crippen LogP contribution is 2.47. The number of carbonyl (C=O) groups excluding carboxylic acids is 1. The minimum Gasteiger partial charge on any atom is -0.464 e. The van der Waals surface area contributed by atoms with Crippen LogP contribution in [-0.2, 0) is 11.3 Å². The van der Waals surface area contributed by atoms with Crippen molar-refractivity contribution in [1.29, 1.82) is 0 Å². The average molecular weight is 278 g/mol. The molecule has 112 valence electrons. The maximum absolute atomic E-state index is 11.9. The van der Waals surface area contributed by atoms with Crippen LogP contribution in [0.5, 0.6) is 0 Å². The van der Waals surface area contributed by atoms with E-state index >= 15 is 0 Å². The smallest absolute Gasteiger partial charge is 0.237 e. The first-order chi connectivity index (χ1) is 9.51. The van der Waals surface area contributed by atoms with E-state index < -0.39 is 0 Å². The Balaban J connectivity index is 1.76. The third-order valence-corrected chi connectivity index (χ3v) is 4.13. The van der Waals surface area contributed by atoms with Crippen molar-refractivity contribution >= 4 is 5.91 Å². The number of furan rings is 1. The number of nitrogens with one attached hydrogen (secondary N) is 2. The monoisotopic (exact) mass is 278 g/mol. The second-order valence-corrected chi connectivity index (χ2v) is 6.04. The Hall–Kier alpha value is -1.29. The molecular formula is C16H26N2O2. The summed E-state index contributed by atoms with van der Waals surface area (Å²) >= 11 is 0. The standard InChI is InChI=1S/C16H26N2O2/c1-5-11(3)18-16(19)12(4)17-9-13-6-7-15(20-13)14-8-10(14)2/h6-7,10-12,14,17H,5,8-9H2,1-4H3,(H,18,19). The van der Waals surface area contributed by atoms with E-state index in [1.807, 2.05) is 19.9 Å². The summed E-state index contributed by atoms with van der Waals surface area (Å²) in [6.45, 7) is 8.79. The van der Waals surface area contributed by atoms with Gasteiger partial charge >= 0.3 is 0 Å². The van der Waals surface area contributed by atoms with Crippen LogP contribution in [0, 0.1) is 5.92 Å². The molecule has 0 spiro atoms. The Morgan fingerprint density at radius 2 is 2.15 bits per heavy atom. The van der Waals surface area contributed by atoms with Gasteiger partial charge in [0.1, 0.15) is 11.5 Å². The molecule has 1 aliphatic rings. The molecule has 1 saturated carbocycles. The van der Waals surface area contributed by atoms with Crippen LogP contribution in [0.2, 0.25) is 0 Å². The van der Waals surface area contributed by atoms with Crippen LogP contribution in [0.4, 0.5) is 0 Å². The number of hydrogen-bond donors (Lipinski definition) is 2. The lowest BCUT2D eigenvalue weighted by molar-refractivity contribution is -0.123. The fraction of sp³-hybridized carbons (Fsp3) is 0.688. The third-order valence-electron chi connectivity index (χ3n) is 4.13. The molecule has 4 nitrogen and oxygen atoms in total. The molecule has 1 fully saturated rings. The Labute approximate surface area is 121 Å². The SMILES string of the molecule is CCC(C)NC(=O)C(C)NCc1ccc(C2CC2C)o1. The van der Waals surface area contributed by atoms with Gasteiger partial charge in [-0.1, -0.05) is 13.8 Å². The van der Waals surface area contributed by atoms with E-state index in [2.05, 4.69) is 30.5 Å². The highest BCUT2D eigenvalue weighted by atomic mass is 16.3. The second-order valence-electron chi connectivity index (χ2n) is 6.04. The van der Waals surface area contributed by atoms with Crippen molar-refractivity contribution in [1.82, 2.24) is 10.6 Å². The molecule has 4 heteroatoms. The van der Waals surface area contributed by atoms with Gasteiger partial charge in [0.05, 0.1) is 12.6 Å². The maximum Gasteiger partial charge on any atom is 0.237 e. The van der Waals surface area contributed by atoms with E-state index in [-0.39, 0.29) is 18.0 Å². The Kier molecular flexibility index (Phi) is 4.86. The van der Waals surface area contributed by atoms with Gasteiger partial charge in [0.2, 0.25) is 5.91 Å². The van der Waals surface area contributed by atoms with Crippen molar-refractivity contribution in [3.05, 3.63) is 23.7 Å². The van der Waals surface area contributed by atoms with Gasteiger partial charge in [0, 0.05) is 12.0 Å². The first-order valence-electron chi connectivity index (χ1n) is 7.63. The van der Waals surface area contributed by atoms with E-state index in [0.717, 1.165) is 23.9 Å². The minimum atomic E-state index is -0.211. The van der Waals surface area contributed by atoms with E-state index in [4.69, 9.17) is 4.42 Å². The van der Waals surface area contributed by atoms with Crippen LogP contribution in [0.1, 0.15) is 58.0 Å². The summed E-state index contributed by atoms with van der Waals surface area (Å²) in [6, 6.07) is 4.08. The molecule has 0 saturated heterocycles. The van der Waals surface area contributed by atoms with Crippen LogP contribution in [0.15, 0.2) is 16.5 Å². The van der Waals surface area contributed by atoms with Crippen molar-refractivity contribution in [2.45, 2.75) is 65.1 Å². The normalized spacial score (nSPS) is 24.2. The van der Waals surface area contributed by atoms with E-state index in [1.165, 1.54) is 6.42 Å². The molecule has 1 aromatic heterocycles. The predicted octanol–water partition coefficient (Wildman–Crippen LogP) is 2.80. The predicted molar refractivity (Wildman–Crippen MR) is 79.4 cm³/mol. The summed E-state index contributed by atoms with van der Waals surface area (Å²) in [5.41, 5.74) is 0. The molecule has 20 heavy (non-hydrogen) atoms. The Bertz CT molecular complexity index is 455. The highest BCUT2D eigenvalue weighted by molar-refractivity contribution is 5.81. The summed E-state index contributed by atoms with van der Waals surface area (Å²) in [5, 5.41) is 6.18. The Morgan fingerprint density at radius 3 is 2.75 bits per heavy atom. The zero-order valence-corrected chi connectivity index (χ0v) is 12.9. The summed E-state index contributed by atoms with van der Waals surface area (Å²) in [7, 11) is 0. The summed E-state index contributed by atoms with van der Waals surface area (Å²) in [4.78, 5) is 11.9. The maximum atomic E-state index is 11.9. The van der Waals surface area contributed by atoms with Gasteiger partial charge in [-0.3, -0.25) is 10.1 Å². The molecule has 4 atom stereocenters. The Morgan fingerprint density at radius 1 is 1.45 bits per heavy atom. The topological polar surface area (TPSA) is 54.3 Å². The van der Waals surface area contributed by atoms with Gasteiger partial charge in [0.25, 0.3) is 0 Å². The van der Waals surface area contributed by atoms with Gasteiger partial charge in [-0.05, 0) is 44.7 Å². The van der Waals surface area contributed by atoms with Crippen molar-refractivity contribution in [3.63, 3.8) is 0 Å². The highest BCUT2D eigenvalue weighted by Gasteiger charge is 2.36. The van der Waals surface area contributed by atoms with Crippen LogP contribution >= 0.6 is 0 Å². The van der Waals surface area contributed by atoms with Crippen LogP contribution < -0.4 is 10.6 Å². The zero-order valence-electron chi connectivity index (χ0n) is 12.9. The van der Waals surface area contributed by atoms with Crippen LogP contribution in [-0.4, -0.2) is 18.0 Å². The second kappa shape index (κ2) is 6.44. The van der Waals surface area contributed by atoms with Crippen LogP contribution in [0.3, 0.4) is 0 Å². The molecule has 0 radical (unpaired) electrons. The van der Waals surface area contributed by atoms with Gasteiger partial charge in [-0.2, -0.15) is 0 Å². The molecule has 0 bridgehead atoms. The number of amides is 1. The lowest BCUT2D eigenvalue weighted by Crippen LogP contribution is -2.44. The summed E-state index contributed by atoms with van der Waals surface area (Å²) in [5.74, 6) is 3.40. The number of carbonyl (C=O) groups is 1.